The average molecular weight is 254 g/mol. The summed E-state index contributed by atoms with van der Waals surface area (Å²) in [4.78, 5) is 3.93. The Morgan fingerprint density at radius 3 is 2.53 bits per heavy atom. The van der Waals surface area contributed by atoms with E-state index in [1.807, 2.05) is 13.8 Å². The Labute approximate surface area is 104 Å². The third-order valence-electron chi connectivity index (χ3n) is 2.31. The minimum Gasteiger partial charge on any atom is -0.417 e. The third kappa shape index (κ3) is 2.60. The van der Waals surface area contributed by atoms with Gasteiger partial charge in [-0.05, 0) is 37.1 Å². The van der Waals surface area contributed by atoms with E-state index in [0.29, 0.717) is 11.4 Å². The van der Waals surface area contributed by atoms with Crippen LogP contribution in [0.3, 0.4) is 0 Å². The minimum absolute atomic E-state index is 0.107. The average Bonchev–Trinajstić information content (AvgIpc) is 2.73. The van der Waals surface area contributed by atoms with Crippen molar-refractivity contribution in [2.75, 3.05) is 0 Å². The second kappa shape index (κ2) is 4.77. The van der Waals surface area contributed by atoms with Gasteiger partial charge in [0.05, 0.1) is 6.61 Å². The molecule has 0 aliphatic rings. The fraction of sp³-hybridized carbons (Fsp3) is 0.250. The number of aromatic nitrogens is 1. The standard InChI is InChI=1S/C12H12ClNO3/c1-7-3-10(4-8(2)11(7)13)17-12-14-9(5-15)6-16-12/h3-4,6,15H,5H2,1-2H3. The molecular weight excluding hydrogens is 242 g/mol. The Hall–Kier alpha value is -1.52. The fourth-order valence-electron chi connectivity index (χ4n) is 1.47. The van der Waals surface area contributed by atoms with Gasteiger partial charge in [0.15, 0.2) is 0 Å². The lowest BCUT2D eigenvalue weighted by molar-refractivity contribution is 0.276. The molecule has 1 heterocycles. The quantitative estimate of drug-likeness (QED) is 0.912. The highest BCUT2D eigenvalue weighted by Gasteiger charge is 2.08. The van der Waals surface area contributed by atoms with Crippen LogP contribution in [0, 0.1) is 13.8 Å². The summed E-state index contributed by atoms with van der Waals surface area (Å²) in [5.41, 5.74) is 2.29. The Morgan fingerprint density at radius 2 is 2.00 bits per heavy atom. The Kier molecular flexibility index (Phi) is 3.36. The molecular formula is C12H12ClNO3. The largest absolute Gasteiger partial charge is 0.417 e. The van der Waals surface area contributed by atoms with E-state index in [0.717, 1.165) is 16.1 Å². The minimum atomic E-state index is -0.175. The van der Waals surface area contributed by atoms with E-state index < -0.39 is 0 Å². The first kappa shape index (κ1) is 12.0. The molecule has 0 atom stereocenters. The number of benzene rings is 1. The molecule has 2 rings (SSSR count). The number of aliphatic hydroxyl groups excluding tert-OH is 1. The van der Waals surface area contributed by atoms with Crippen LogP contribution in [-0.2, 0) is 6.61 Å². The molecule has 0 fully saturated rings. The summed E-state index contributed by atoms with van der Waals surface area (Å²) in [6.07, 6.45) is 1.46. The zero-order valence-electron chi connectivity index (χ0n) is 9.53. The number of nitrogens with zero attached hydrogens (tertiary/aromatic N) is 1. The topological polar surface area (TPSA) is 55.5 Å². The number of hydrogen-bond donors (Lipinski definition) is 1. The molecule has 17 heavy (non-hydrogen) atoms. The van der Waals surface area contributed by atoms with Crippen molar-refractivity contribution in [2.24, 2.45) is 0 Å². The van der Waals surface area contributed by atoms with Crippen molar-refractivity contribution in [1.29, 1.82) is 0 Å². The van der Waals surface area contributed by atoms with Crippen molar-refractivity contribution >= 4 is 11.6 Å². The number of oxazole rings is 1. The maximum Gasteiger partial charge on any atom is 0.399 e. The number of rotatable bonds is 3. The first-order valence-electron chi connectivity index (χ1n) is 5.10. The van der Waals surface area contributed by atoms with E-state index in [4.69, 9.17) is 25.9 Å². The Bertz CT molecular complexity index is 513. The first-order valence-corrected chi connectivity index (χ1v) is 5.48. The molecule has 0 saturated heterocycles. The molecule has 0 saturated carbocycles. The molecule has 1 aromatic carbocycles. The van der Waals surface area contributed by atoms with Gasteiger partial charge in [-0.3, -0.25) is 0 Å². The van der Waals surface area contributed by atoms with Gasteiger partial charge in [0, 0.05) is 5.02 Å². The summed E-state index contributed by atoms with van der Waals surface area (Å²) in [5.74, 6) is 0.607. The van der Waals surface area contributed by atoms with Crippen molar-refractivity contribution in [3.05, 3.63) is 40.2 Å². The summed E-state index contributed by atoms with van der Waals surface area (Å²) >= 11 is 6.05. The molecule has 4 nitrogen and oxygen atoms in total. The predicted octanol–water partition coefficient (Wildman–Crippen LogP) is 3.23. The summed E-state index contributed by atoms with van der Waals surface area (Å²) in [7, 11) is 0. The van der Waals surface area contributed by atoms with E-state index in [2.05, 4.69) is 4.98 Å². The van der Waals surface area contributed by atoms with E-state index >= 15 is 0 Å². The second-order valence-corrected chi connectivity index (χ2v) is 4.11. The smallest absolute Gasteiger partial charge is 0.399 e. The van der Waals surface area contributed by atoms with Crippen molar-refractivity contribution in [3.8, 4) is 11.8 Å². The molecule has 0 radical (unpaired) electrons. The van der Waals surface area contributed by atoms with E-state index in [1.165, 1.54) is 6.26 Å². The number of halogens is 1. The van der Waals surface area contributed by atoms with Gasteiger partial charge in [0.25, 0.3) is 0 Å². The third-order valence-corrected chi connectivity index (χ3v) is 2.90. The lowest BCUT2D eigenvalue weighted by Gasteiger charge is -2.06. The van der Waals surface area contributed by atoms with Crippen LogP contribution in [0.25, 0.3) is 0 Å². The molecule has 0 bridgehead atoms. The molecule has 0 spiro atoms. The van der Waals surface area contributed by atoms with E-state index in [9.17, 15) is 0 Å². The highest BCUT2D eigenvalue weighted by molar-refractivity contribution is 6.32. The molecule has 90 valence electrons. The number of aryl methyl sites for hydroxylation is 2. The SMILES string of the molecule is Cc1cc(Oc2nc(CO)co2)cc(C)c1Cl. The summed E-state index contributed by atoms with van der Waals surface area (Å²) in [6, 6.07) is 3.61. The Balaban J connectivity index is 2.24. The van der Waals surface area contributed by atoms with Crippen LogP contribution >= 0.6 is 11.6 Å². The Morgan fingerprint density at radius 1 is 1.35 bits per heavy atom. The van der Waals surface area contributed by atoms with Crippen LogP contribution in [0.5, 0.6) is 11.8 Å². The highest BCUT2D eigenvalue weighted by atomic mass is 35.5. The number of aliphatic hydroxyl groups is 1. The zero-order chi connectivity index (χ0) is 12.4. The first-order chi connectivity index (χ1) is 8.10. The summed E-state index contributed by atoms with van der Waals surface area (Å²) in [6.45, 7) is 3.62. The van der Waals surface area contributed by atoms with E-state index in [-0.39, 0.29) is 12.7 Å². The highest BCUT2D eigenvalue weighted by Crippen LogP contribution is 2.28. The van der Waals surface area contributed by atoms with Crippen molar-refractivity contribution in [2.45, 2.75) is 20.5 Å². The lowest BCUT2D eigenvalue weighted by Crippen LogP contribution is -1.89. The molecule has 1 aromatic heterocycles. The van der Waals surface area contributed by atoms with Crippen LogP contribution < -0.4 is 4.74 Å². The lowest BCUT2D eigenvalue weighted by atomic mass is 10.1. The molecule has 5 heteroatoms. The van der Waals surface area contributed by atoms with Crippen molar-refractivity contribution in [3.63, 3.8) is 0 Å². The van der Waals surface area contributed by atoms with Gasteiger partial charge in [-0.2, -0.15) is 4.98 Å². The summed E-state index contributed by atoms with van der Waals surface area (Å²) < 4.78 is 10.5. The normalized spacial score (nSPS) is 10.6. The number of hydrogen-bond acceptors (Lipinski definition) is 4. The van der Waals surface area contributed by atoms with Gasteiger partial charge in [-0.25, -0.2) is 0 Å². The number of ether oxygens (including phenoxy) is 1. The molecule has 1 N–H and O–H groups in total. The summed E-state index contributed by atoms with van der Waals surface area (Å²) in [5, 5.41) is 9.57. The van der Waals surface area contributed by atoms with E-state index in [1.54, 1.807) is 12.1 Å². The molecule has 0 unspecified atom stereocenters. The maximum atomic E-state index is 8.85. The van der Waals surface area contributed by atoms with Gasteiger partial charge in [0.1, 0.15) is 17.7 Å². The van der Waals surface area contributed by atoms with Gasteiger partial charge in [-0.15, -0.1) is 0 Å². The molecule has 0 aliphatic heterocycles. The maximum absolute atomic E-state index is 8.85. The van der Waals surface area contributed by atoms with Crippen molar-refractivity contribution in [1.82, 2.24) is 4.98 Å². The van der Waals surface area contributed by atoms with Gasteiger partial charge in [-0.1, -0.05) is 11.6 Å². The zero-order valence-corrected chi connectivity index (χ0v) is 10.3. The van der Waals surface area contributed by atoms with Crippen LogP contribution in [-0.4, -0.2) is 10.1 Å². The van der Waals surface area contributed by atoms with Gasteiger partial charge < -0.3 is 14.3 Å². The van der Waals surface area contributed by atoms with Crippen LogP contribution in [0.15, 0.2) is 22.8 Å². The van der Waals surface area contributed by atoms with Crippen LogP contribution in [0.2, 0.25) is 5.02 Å². The monoisotopic (exact) mass is 253 g/mol. The molecule has 0 aliphatic carbocycles. The molecule has 2 aromatic rings. The van der Waals surface area contributed by atoms with Gasteiger partial charge >= 0.3 is 6.08 Å². The fourth-order valence-corrected chi connectivity index (χ4v) is 1.58. The second-order valence-electron chi connectivity index (χ2n) is 3.74. The van der Waals surface area contributed by atoms with Gasteiger partial charge in [0.2, 0.25) is 0 Å². The molecule has 0 amide bonds. The van der Waals surface area contributed by atoms with Crippen LogP contribution in [0.1, 0.15) is 16.8 Å². The van der Waals surface area contributed by atoms with Crippen molar-refractivity contribution < 1.29 is 14.3 Å². The predicted molar refractivity (Wildman–Crippen MR) is 63.4 cm³/mol. The van der Waals surface area contributed by atoms with Crippen LogP contribution in [0.4, 0.5) is 0 Å².